The Morgan fingerprint density at radius 3 is 3.00 bits per heavy atom. The van der Waals surface area contributed by atoms with E-state index in [1.807, 2.05) is 6.07 Å². The predicted octanol–water partition coefficient (Wildman–Crippen LogP) is 2.38. The summed E-state index contributed by atoms with van der Waals surface area (Å²) in [7, 11) is 0. The van der Waals surface area contributed by atoms with Gasteiger partial charge in [0.25, 0.3) is 0 Å². The van der Waals surface area contributed by atoms with Crippen molar-refractivity contribution in [2.24, 2.45) is 11.7 Å². The Balaban J connectivity index is 1.89. The highest BCUT2D eigenvalue weighted by molar-refractivity contribution is 9.11. The first-order valence-corrected chi connectivity index (χ1v) is 6.20. The second kappa shape index (κ2) is 4.11. The molecule has 0 aromatic carbocycles. The number of carbonyl (C=O) groups excluding carboxylic acids is 1. The Labute approximate surface area is 99.8 Å². The van der Waals surface area contributed by atoms with Crippen molar-refractivity contribution in [3.05, 3.63) is 20.8 Å². The summed E-state index contributed by atoms with van der Waals surface area (Å²) in [6.45, 7) is 0.329. The Kier molecular flexibility index (Phi) is 2.99. The first kappa shape index (κ1) is 10.9. The Hall–Kier alpha value is -0.590. The standard InChI is InChI=1S/C9H11BrN2O2S/c10-8-2-1-7(15-8)6-3-5(6)4-12(14)9(11)13/h1-2,5-6,14H,3-4H2,(H2,11,13)/t5-,6+/m0/s1. The maximum atomic E-state index is 10.6. The van der Waals surface area contributed by atoms with E-state index in [-0.39, 0.29) is 0 Å². The molecule has 2 rings (SSSR count). The van der Waals surface area contributed by atoms with Crippen LogP contribution in [0, 0.1) is 5.92 Å². The molecule has 0 spiro atoms. The van der Waals surface area contributed by atoms with Gasteiger partial charge < -0.3 is 5.73 Å². The summed E-state index contributed by atoms with van der Waals surface area (Å²) in [6, 6.07) is 3.30. The third-order valence-corrected chi connectivity index (χ3v) is 4.30. The van der Waals surface area contributed by atoms with Gasteiger partial charge in [-0.25, -0.2) is 9.86 Å². The molecule has 1 saturated carbocycles. The lowest BCUT2D eigenvalue weighted by atomic mass is 10.2. The molecule has 0 radical (unpaired) electrons. The number of nitrogens with two attached hydrogens (primary N) is 1. The van der Waals surface area contributed by atoms with Gasteiger partial charge in [0.2, 0.25) is 0 Å². The molecular formula is C9H11BrN2O2S. The van der Waals surface area contributed by atoms with E-state index in [4.69, 9.17) is 10.9 Å². The third kappa shape index (κ3) is 2.50. The summed E-state index contributed by atoms with van der Waals surface area (Å²) in [4.78, 5) is 11.9. The summed E-state index contributed by atoms with van der Waals surface area (Å²) in [6.07, 6.45) is 1.01. The van der Waals surface area contributed by atoms with Crippen LogP contribution in [0.3, 0.4) is 0 Å². The molecule has 1 aromatic heterocycles. The summed E-state index contributed by atoms with van der Waals surface area (Å²) >= 11 is 5.10. The SMILES string of the molecule is NC(=O)N(O)C[C@@H]1C[C@H]1c1ccc(Br)s1. The molecule has 1 fully saturated rings. The van der Waals surface area contributed by atoms with E-state index in [0.29, 0.717) is 23.4 Å². The van der Waals surface area contributed by atoms with Crippen LogP contribution in [-0.2, 0) is 0 Å². The number of amides is 2. The van der Waals surface area contributed by atoms with Crippen LogP contribution in [0.5, 0.6) is 0 Å². The molecule has 0 bridgehead atoms. The highest BCUT2D eigenvalue weighted by Crippen LogP contribution is 2.50. The molecular weight excluding hydrogens is 280 g/mol. The zero-order chi connectivity index (χ0) is 11.0. The smallest absolute Gasteiger partial charge is 0.338 e. The number of hydrogen-bond donors (Lipinski definition) is 2. The van der Waals surface area contributed by atoms with Crippen molar-refractivity contribution in [3.8, 4) is 0 Å². The van der Waals surface area contributed by atoms with Crippen LogP contribution in [-0.4, -0.2) is 22.8 Å². The maximum Gasteiger partial charge on any atom is 0.338 e. The molecule has 3 N–H and O–H groups in total. The summed E-state index contributed by atoms with van der Waals surface area (Å²) in [5.41, 5.74) is 4.93. The minimum atomic E-state index is -0.784. The van der Waals surface area contributed by atoms with Crippen molar-refractivity contribution in [3.63, 3.8) is 0 Å². The van der Waals surface area contributed by atoms with Crippen molar-refractivity contribution in [1.29, 1.82) is 0 Å². The van der Waals surface area contributed by atoms with Crippen LogP contribution in [0.2, 0.25) is 0 Å². The zero-order valence-electron chi connectivity index (χ0n) is 7.89. The minimum absolute atomic E-state index is 0.329. The van der Waals surface area contributed by atoms with E-state index in [1.165, 1.54) is 4.88 Å². The lowest BCUT2D eigenvalue weighted by molar-refractivity contribution is -0.0431. The number of rotatable bonds is 3. The second-order valence-electron chi connectivity index (χ2n) is 3.66. The normalized spacial score (nSPS) is 23.9. The van der Waals surface area contributed by atoms with Gasteiger partial charge >= 0.3 is 6.03 Å². The van der Waals surface area contributed by atoms with E-state index >= 15 is 0 Å². The van der Waals surface area contributed by atoms with Crippen molar-refractivity contribution in [2.45, 2.75) is 12.3 Å². The molecule has 1 aliphatic rings. The number of urea groups is 1. The van der Waals surface area contributed by atoms with Crippen molar-refractivity contribution < 1.29 is 10.0 Å². The van der Waals surface area contributed by atoms with E-state index in [9.17, 15) is 4.79 Å². The Morgan fingerprint density at radius 1 is 1.73 bits per heavy atom. The molecule has 4 nitrogen and oxygen atoms in total. The zero-order valence-corrected chi connectivity index (χ0v) is 10.3. The van der Waals surface area contributed by atoms with E-state index in [1.54, 1.807) is 11.3 Å². The fourth-order valence-electron chi connectivity index (χ4n) is 1.64. The first-order valence-electron chi connectivity index (χ1n) is 4.59. The molecule has 82 valence electrons. The van der Waals surface area contributed by atoms with Crippen LogP contribution in [0.1, 0.15) is 17.2 Å². The van der Waals surface area contributed by atoms with E-state index in [2.05, 4.69) is 22.0 Å². The highest BCUT2D eigenvalue weighted by Gasteiger charge is 2.40. The van der Waals surface area contributed by atoms with Crippen LogP contribution in [0.25, 0.3) is 0 Å². The van der Waals surface area contributed by atoms with Crippen LogP contribution >= 0.6 is 27.3 Å². The third-order valence-electron chi connectivity index (χ3n) is 2.54. The molecule has 1 heterocycles. The van der Waals surface area contributed by atoms with Gasteiger partial charge in [0, 0.05) is 4.88 Å². The molecule has 1 aromatic rings. The number of carbonyl (C=O) groups is 1. The number of hydroxylamine groups is 2. The lowest BCUT2D eigenvalue weighted by Crippen LogP contribution is -2.34. The summed E-state index contributed by atoms with van der Waals surface area (Å²) < 4.78 is 1.11. The van der Waals surface area contributed by atoms with Gasteiger partial charge in [0.05, 0.1) is 10.3 Å². The molecule has 15 heavy (non-hydrogen) atoms. The fraction of sp³-hybridized carbons (Fsp3) is 0.444. The average Bonchev–Trinajstić information content (AvgIpc) is 2.79. The number of hydrogen-bond acceptors (Lipinski definition) is 3. The average molecular weight is 291 g/mol. The quantitative estimate of drug-likeness (QED) is 0.663. The highest BCUT2D eigenvalue weighted by atomic mass is 79.9. The molecule has 2 amide bonds. The van der Waals surface area contributed by atoms with E-state index < -0.39 is 6.03 Å². The minimum Gasteiger partial charge on any atom is -0.350 e. The van der Waals surface area contributed by atoms with Gasteiger partial charge in [-0.15, -0.1) is 11.3 Å². The number of thiophene rings is 1. The topological polar surface area (TPSA) is 66.6 Å². The molecule has 0 saturated heterocycles. The van der Waals surface area contributed by atoms with Gasteiger partial charge in [-0.3, -0.25) is 5.21 Å². The van der Waals surface area contributed by atoms with Gasteiger partial charge in [0.15, 0.2) is 0 Å². The molecule has 2 atom stereocenters. The fourth-order valence-corrected chi connectivity index (χ4v) is 3.27. The molecule has 1 aliphatic carbocycles. The summed E-state index contributed by atoms with van der Waals surface area (Å²) in [5.74, 6) is 0.809. The monoisotopic (exact) mass is 290 g/mol. The maximum absolute atomic E-state index is 10.6. The second-order valence-corrected chi connectivity index (χ2v) is 6.16. The van der Waals surface area contributed by atoms with Crippen LogP contribution in [0.15, 0.2) is 15.9 Å². The van der Waals surface area contributed by atoms with Crippen molar-refractivity contribution in [2.75, 3.05) is 6.54 Å². The first-order chi connectivity index (χ1) is 7.08. The molecule has 0 unspecified atom stereocenters. The van der Waals surface area contributed by atoms with Crippen LogP contribution in [0.4, 0.5) is 4.79 Å². The van der Waals surface area contributed by atoms with Crippen LogP contribution < -0.4 is 5.73 Å². The molecule has 0 aliphatic heterocycles. The van der Waals surface area contributed by atoms with Crippen molar-refractivity contribution in [1.82, 2.24) is 5.06 Å². The lowest BCUT2D eigenvalue weighted by Gasteiger charge is -2.10. The summed E-state index contributed by atoms with van der Waals surface area (Å²) in [5, 5.41) is 9.75. The van der Waals surface area contributed by atoms with Gasteiger partial charge in [-0.2, -0.15) is 0 Å². The van der Waals surface area contributed by atoms with E-state index in [0.717, 1.165) is 10.2 Å². The largest absolute Gasteiger partial charge is 0.350 e. The number of nitrogens with zero attached hydrogens (tertiary/aromatic N) is 1. The van der Waals surface area contributed by atoms with Gasteiger partial charge in [-0.05, 0) is 46.3 Å². The Bertz CT molecular complexity index is 382. The molecule has 6 heteroatoms. The van der Waals surface area contributed by atoms with Crippen molar-refractivity contribution >= 4 is 33.3 Å². The van der Waals surface area contributed by atoms with Gasteiger partial charge in [0.1, 0.15) is 0 Å². The number of halogens is 1. The Morgan fingerprint density at radius 2 is 2.47 bits per heavy atom. The number of primary amides is 1. The predicted molar refractivity (Wildman–Crippen MR) is 60.9 cm³/mol. The van der Waals surface area contributed by atoms with Gasteiger partial charge in [-0.1, -0.05) is 0 Å².